The summed E-state index contributed by atoms with van der Waals surface area (Å²) in [6, 6.07) is 31.1. The first-order valence-electron chi connectivity index (χ1n) is 9.29. The molecule has 0 saturated heterocycles. The van der Waals surface area contributed by atoms with Crippen LogP contribution in [-0.2, 0) is 11.4 Å². The second-order valence-electron chi connectivity index (χ2n) is 7.69. The van der Waals surface area contributed by atoms with E-state index >= 15 is 0 Å². The Balaban J connectivity index is 2.10. The minimum Gasteiger partial charge on any atom is -0.598 e. The highest BCUT2D eigenvalue weighted by Crippen LogP contribution is 2.38. The number of hydrogen-bond acceptors (Lipinski definition) is 2. The molecule has 0 aliphatic rings. The van der Waals surface area contributed by atoms with Gasteiger partial charge in [-0.2, -0.15) is 0 Å². The van der Waals surface area contributed by atoms with Gasteiger partial charge in [0.15, 0.2) is 0 Å². The average molecular weight is 378 g/mol. The molecule has 2 unspecified atom stereocenters. The third-order valence-corrected chi connectivity index (χ3v) is 6.18. The van der Waals surface area contributed by atoms with Gasteiger partial charge in [-0.1, -0.05) is 91.0 Å². The highest BCUT2D eigenvalue weighted by atomic mass is 32.2. The third kappa shape index (κ3) is 5.01. The molecule has 0 aliphatic carbocycles. The Kier molecular flexibility index (Phi) is 6.38. The van der Waals surface area contributed by atoms with Crippen LogP contribution < -0.4 is 4.72 Å². The molecule has 0 bridgehead atoms. The highest BCUT2D eigenvalue weighted by Gasteiger charge is 2.35. The molecule has 0 saturated carbocycles. The molecule has 27 heavy (non-hydrogen) atoms. The van der Waals surface area contributed by atoms with Crippen LogP contribution in [0.25, 0.3) is 0 Å². The van der Waals surface area contributed by atoms with Crippen molar-refractivity contribution in [2.24, 2.45) is 0 Å². The predicted molar refractivity (Wildman–Crippen MR) is 115 cm³/mol. The van der Waals surface area contributed by atoms with Crippen molar-refractivity contribution in [1.29, 1.82) is 0 Å². The van der Waals surface area contributed by atoms with Gasteiger partial charge >= 0.3 is 0 Å². The van der Waals surface area contributed by atoms with E-state index in [0.717, 1.165) is 5.56 Å². The van der Waals surface area contributed by atoms with Gasteiger partial charge in [0.2, 0.25) is 0 Å². The Hall–Kier alpha value is -2.07. The molecule has 2 atom stereocenters. The van der Waals surface area contributed by atoms with Gasteiger partial charge in [-0.3, -0.25) is 0 Å². The van der Waals surface area contributed by atoms with E-state index in [0.29, 0.717) is 0 Å². The Morgan fingerprint density at radius 2 is 1.04 bits per heavy atom. The highest BCUT2D eigenvalue weighted by molar-refractivity contribution is 7.90. The monoisotopic (exact) mass is 377 g/mol. The SMILES string of the molecule is CC(C)(C)[S+]([O-])NC(c1ccccc1)C(c1ccccc1)c1ccccc1. The lowest BCUT2D eigenvalue weighted by atomic mass is 9.82. The molecule has 3 heteroatoms. The van der Waals surface area contributed by atoms with Crippen LogP contribution in [0.4, 0.5) is 0 Å². The van der Waals surface area contributed by atoms with Crippen molar-refractivity contribution in [1.82, 2.24) is 4.72 Å². The number of benzene rings is 3. The first kappa shape index (κ1) is 19.7. The zero-order valence-electron chi connectivity index (χ0n) is 16.1. The van der Waals surface area contributed by atoms with E-state index in [2.05, 4.69) is 65.4 Å². The quantitative estimate of drug-likeness (QED) is 0.567. The molecule has 2 nitrogen and oxygen atoms in total. The molecule has 3 aromatic rings. The Bertz CT molecular complexity index is 776. The van der Waals surface area contributed by atoms with E-state index in [9.17, 15) is 4.55 Å². The molecule has 3 aromatic carbocycles. The summed E-state index contributed by atoms with van der Waals surface area (Å²) in [7, 11) is 0. The fraction of sp³-hybridized carbons (Fsp3) is 0.250. The molecular formula is C24H27NOS. The van der Waals surface area contributed by atoms with E-state index < -0.39 is 11.4 Å². The van der Waals surface area contributed by atoms with Crippen molar-refractivity contribution in [3.63, 3.8) is 0 Å². The largest absolute Gasteiger partial charge is 0.598 e. The molecule has 3 rings (SSSR count). The number of nitrogens with one attached hydrogen (secondary N) is 1. The van der Waals surface area contributed by atoms with Gasteiger partial charge in [-0.05, 0) is 37.5 Å². The van der Waals surface area contributed by atoms with E-state index in [1.165, 1.54) is 11.1 Å². The minimum absolute atomic E-state index is 0.0566. The molecule has 0 amide bonds. The van der Waals surface area contributed by atoms with Crippen LogP contribution >= 0.6 is 0 Å². The number of hydrogen-bond donors (Lipinski definition) is 1. The van der Waals surface area contributed by atoms with E-state index in [-0.39, 0.29) is 16.7 Å². The van der Waals surface area contributed by atoms with Gasteiger partial charge in [0.05, 0.1) is 6.04 Å². The minimum atomic E-state index is -1.19. The maximum absolute atomic E-state index is 13.0. The molecular weight excluding hydrogens is 350 g/mol. The fourth-order valence-electron chi connectivity index (χ4n) is 3.18. The lowest BCUT2D eigenvalue weighted by Crippen LogP contribution is -2.43. The summed E-state index contributed by atoms with van der Waals surface area (Å²) in [6.45, 7) is 5.99. The van der Waals surface area contributed by atoms with Gasteiger partial charge in [-0.25, -0.2) is 0 Å². The second kappa shape index (κ2) is 8.75. The van der Waals surface area contributed by atoms with Crippen molar-refractivity contribution in [3.8, 4) is 0 Å². The summed E-state index contributed by atoms with van der Waals surface area (Å²) < 4.78 is 16.1. The van der Waals surface area contributed by atoms with Gasteiger partial charge < -0.3 is 4.55 Å². The van der Waals surface area contributed by atoms with Crippen molar-refractivity contribution in [2.75, 3.05) is 0 Å². The van der Waals surface area contributed by atoms with Gasteiger partial charge in [0.25, 0.3) is 0 Å². The smallest absolute Gasteiger partial charge is 0.136 e. The van der Waals surface area contributed by atoms with Gasteiger partial charge in [-0.15, -0.1) is 4.72 Å². The molecule has 0 radical (unpaired) electrons. The number of rotatable bonds is 6. The van der Waals surface area contributed by atoms with Crippen LogP contribution in [0, 0.1) is 0 Å². The zero-order valence-corrected chi connectivity index (χ0v) is 16.9. The average Bonchev–Trinajstić information content (AvgIpc) is 2.69. The molecule has 0 aromatic heterocycles. The van der Waals surface area contributed by atoms with Crippen molar-refractivity contribution < 1.29 is 4.55 Å². The van der Waals surface area contributed by atoms with Crippen LogP contribution in [-0.4, -0.2) is 9.30 Å². The van der Waals surface area contributed by atoms with E-state index in [1.807, 2.05) is 51.1 Å². The molecule has 0 spiro atoms. The second-order valence-corrected chi connectivity index (χ2v) is 9.68. The molecule has 0 fully saturated rings. The lowest BCUT2D eigenvalue weighted by Gasteiger charge is -2.33. The molecule has 140 valence electrons. The van der Waals surface area contributed by atoms with Crippen molar-refractivity contribution >= 4 is 11.4 Å². The maximum atomic E-state index is 13.0. The van der Waals surface area contributed by atoms with Crippen LogP contribution in [0.15, 0.2) is 91.0 Å². The Morgan fingerprint density at radius 1 is 0.667 bits per heavy atom. The van der Waals surface area contributed by atoms with Crippen molar-refractivity contribution in [3.05, 3.63) is 108 Å². The van der Waals surface area contributed by atoms with Crippen LogP contribution in [0.3, 0.4) is 0 Å². The van der Waals surface area contributed by atoms with Crippen LogP contribution in [0.2, 0.25) is 0 Å². The first-order valence-corrected chi connectivity index (χ1v) is 10.4. The predicted octanol–water partition coefficient (Wildman–Crippen LogP) is 5.61. The van der Waals surface area contributed by atoms with Crippen molar-refractivity contribution in [2.45, 2.75) is 37.5 Å². The first-order chi connectivity index (χ1) is 13.0. The molecule has 0 aliphatic heterocycles. The van der Waals surface area contributed by atoms with E-state index in [1.54, 1.807) is 0 Å². The summed E-state index contributed by atoms with van der Waals surface area (Å²) in [4.78, 5) is 0. The lowest BCUT2D eigenvalue weighted by molar-refractivity contribution is 0.505. The molecule has 1 N–H and O–H groups in total. The summed E-state index contributed by atoms with van der Waals surface area (Å²) in [6.07, 6.45) is 0. The standard InChI is InChI=1S/C24H27NOS/c1-24(2,3)27(26)25-23(21-17-11-6-12-18-21)22(19-13-7-4-8-14-19)20-15-9-5-10-16-20/h4-18,22-23,25H,1-3H3. The fourth-order valence-corrected chi connectivity index (χ4v) is 4.04. The van der Waals surface area contributed by atoms with Crippen LogP contribution in [0.1, 0.15) is 49.4 Å². The maximum Gasteiger partial charge on any atom is 0.136 e. The third-order valence-electron chi connectivity index (χ3n) is 4.60. The van der Waals surface area contributed by atoms with Gasteiger partial charge in [0, 0.05) is 17.3 Å². The van der Waals surface area contributed by atoms with Crippen LogP contribution in [0.5, 0.6) is 0 Å². The summed E-state index contributed by atoms with van der Waals surface area (Å²) >= 11 is -1.19. The zero-order chi connectivity index (χ0) is 19.3. The van der Waals surface area contributed by atoms with E-state index in [4.69, 9.17) is 0 Å². The molecule has 0 heterocycles. The topological polar surface area (TPSA) is 35.1 Å². The Morgan fingerprint density at radius 3 is 1.41 bits per heavy atom. The summed E-state index contributed by atoms with van der Waals surface area (Å²) in [5, 5.41) is 0. The normalized spacial score (nSPS) is 14.1. The Labute approximate surface area is 166 Å². The summed E-state index contributed by atoms with van der Waals surface area (Å²) in [5.74, 6) is 0.0566. The van der Waals surface area contributed by atoms with Gasteiger partial charge in [0.1, 0.15) is 4.75 Å². The summed E-state index contributed by atoms with van der Waals surface area (Å²) in [5.41, 5.74) is 3.54.